The largest absolute Gasteiger partial charge is 0.432 e. The summed E-state index contributed by atoms with van der Waals surface area (Å²) in [6, 6.07) is 0.798. The Balaban J connectivity index is 2.63. The molecule has 1 aromatic heterocycles. The number of hydrogen-bond donors (Lipinski definition) is 0. The van der Waals surface area contributed by atoms with Crippen LogP contribution in [-0.2, 0) is 10.6 Å². The summed E-state index contributed by atoms with van der Waals surface area (Å²) in [6.45, 7) is 2.67. The minimum absolute atomic E-state index is 0.224. The zero-order chi connectivity index (χ0) is 10.6. The number of halogens is 1. The van der Waals surface area contributed by atoms with E-state index in [0.29, 0.717) is 18.5 Å². The third-order valence-electron chi connectivity index (χ3n) is 2.05. The number of likely N-dealkylation sites (N-methyl/N-ethyl adjacent to an activating group) is 1. The maximum atomic E-state index is 5.62. The van der Waals surface area contributed by atoms with Crippen LogP contribution in [0.25, 0.3) is 0 Å². The molecule has 1 atom stereocenters. The summed E-state index contributed by atoms with van der Waals surface area (Å²) >= 11 is 5.62. The first-order chi connectivity index (χ1) is 6.69. The predicted molar refractivity (Wildman–Crippen MR) is 55.8 cm³/mol. The topological polar surface area (TPSA) is 38.5 Å². The number of methoxy groups -OCH3 is 1. The number of hydrogen-bond acceptors (Lipinski definition) is 4. The average Bonchev–Trinajstić information content (AvgIpc) is 2.65. The number of aromatic nitrogens is 1. The summed E-state index contributed by atoms with van der Waals surface area (Å²) in [5.74, 6) is 0.371. The van der Waals surface area contributed by atoms with Gasteiger partial charge in [-0.25, -0.2) is 0 Å². The van der Waals surface area contributed by atoms with E-state index >= 15 is 0 Å². The molecule has 5 heteroatoms. The Labute approximate surface area is 88.8 Å². The van der Waals surface area contributed by atoms with Crippen LogP contribution in [0.2, 0.25) is 0 Å². The van der Waals surface area contributed by atoms with E-state index in [1.165, 1.54) is 0 Å². The molecule has 14 heavy (non-hydrogen) atoms. The van der Waals surface area contributed by atoms with Gasteiger partial charge in [-0.15, -0.1) is 11.6 Å². The fourth-order valence-electron chi connectivity index (χ4n) is 1.06. The van der Waals surface area contributed by atoms with Gasteiger partial charge in [-0.1, -0.05) is 0 Å². The first kappa shape index (κ1) is 11.3. The van der Waals surface area contributed by atoms with Gasteiger partial charge < -0.3 is 14.1 Å². The second-order valence-corrected chi connectivity index (χ2v) is 3.44. The Morgan fingerprint density at radius 3 is 2.93 bits per heavy atom. The highest BCUT2D eigenvalue weighted by atomic mass is 35.5. The van der Waals surface area contributed by atoms with Crippen LogP contribution in [0.3, 0.4) is 0 Å². The van der Waals surface area contributed by atoms with E-state index in [4.69, 9.17) is 20.8 Å². The molecule has 80 valence electrons. The molecule has 0 fully saturated rings. The van der Waals surface area contributed by atoms with E-state index in [2.05, 4.69) is 4.98 Å². The average molecular weight is 219 g/mol. The summed E-state index contributed by atoms with van der Waals surface area (Å²) < 4.78 is 10.3. The minimum Gasteiger partial charge on any atom is -0.432 e. The molecule has 0 amide bonds. The van der Waals surface area contributed by atoms with Gasteiger partial charge in [0.2, 0.25) is 0 Å². The highest BCUT2D eigenvalue weighted by molar-refractivity contribution is 6.16. The standard InChI is InChI=1S/C9H15ClN2O2/c1-7(5-13-3)12(2)9-11-8(4-10)6-14-9/h6-7H,4-5H2,1-3H3. The van der Waals surface area contributed by atoms with Gasteiger partial charge in [0, 0.05) is 14.2 Å². The van der Waals surface area contributed by atoms with E-state index in [1.54, 1.807) is 13.4 Å². The van der Waals surface area contributed by atoms with Gasteiger partial charge in [0.15, 0.2) is 0 Å². The van der Waals surface area contributed by atoms with Crippen LogP contribution >= 0.6 is 11.6 Å². The highest BCUT2D eigenvalue weighted by Gasteiger charge is 2.14. The third kappa shape index (κ3) is 2.62. The van der Waals surface area contributed by atoms with Crippen LogP contribution in [0.1, 0.15) is 12.6 Å². The summed E-state index contributed by atoms with van der Waals surface area (Å²) in [4.78, 5) is 6.12. The number of ether oxygens (including phenoxy) is 1. The number of nitrogens with zero attached hydrogens (tertiary/aromatic N) is 2. The Bertz CT molecular complexity index is 278. The molecule has 0 aliphatic rings. The van der Waals surface area contributed by atoms with Gasteiger partial charge in [0.05, 0.1) is 24.2 Å². The molecule has 4 nitrogen and oxygen atoms in total. The van der Waals surface area contributed by atoms with Crippen molar-refractivity contribution < 1.29 is 9.15 Å². The monoisotopic (exact) mass is 218 g/mol. The molecule has 0 aliphatic heterocycles. The van der Waals surface area contributed by atoms with Crippen LogP contribution < -0.4 is 4.90 Å². The smallest absolute Gasteiger partial charge is 0.297 e. The van der Waals surface area contributed by atoms with Gasteiger partial charge in [-0.2, -0.15) is 4.98 Å². The molecule has 0 saturated carbocycles. The SMILES string of the molecule is COCC(C)N(C)c1nc(CCl)co1. The number of rotatable bonds is 5. The fourth-order valence-corrected chi connectivity index (χ4v) is 1.18. The molecule has 1 heterocycles. The Kier molecular flexibility index (Phi) is 4.22. The van der Waals surface area contributed by atoms with Crippen LogP contribution in [-0.4, -0.2) is 31.8 Å². The lowest BCUT2D eigenvalue weighted by atomic mass is 10.3. The molecule has 0 radical (unpaired) electrons. The van der Waals surface area contributed by atoms with Crippen molar-refractivity contribution in [3.63, 3.8) is 0 Å². The molecular formula is C9H15ClN2O2. The Morgan fingerprint density at radius 2 is 2.43 bits per heavy atom. The van der Waals surface area contributed by atoms with Crippen molar-refractivity contribution in [3.8, 4) is 0 Å². The Hall–Kier alpha value is -0.740. The molecule has 0 aromatic carbocycles. The second kappa shape index (κ2) is 5.22. The quantitative estimate of drug-likeness (QED) is 0.708. The first-order valence-electron chi connectivity index (χ1n) is 4.41. The highest BCUT2D eigenvalue weighted by Crippen LogP contribution is 2.15. The van der Waals surface area contributed by atoms with Gasteiger partial charge in [0.1, 0.15) is 6.26 Å². The van der Waals surface area contributed by atoms with E-state index < -0.39 is 0 Å². The first-order valence-corrected chi connectivity index (χ1v) is 4.94. The van der Waals surface area contributed by atoms with Crippen molar-refractivity contribution in [1.82, 2.24) is 4.98 Å². The van der Waals surface area contributed by atoms with Crippen molar-refractivity contribution in [1.29, 1.82) is 0 Å². The normalized spacial score (nSPS) is 12.9. The lowest BCUT2D eigenvalue weighted by molar-refractivity contribution is 0.181. The van der Waals surface area contributed by atoms with Gasteiger partial charge in [-0.3, -0.25) is 0 Å². The third-order valence-corrected chi connectivity index (χ3v) is 2.32. The van der Waals surface area contributed by atoms with Crippen molar-refractivity contribution in [2.24, 2.45) is 0 Å². The van der Waals surface area contributed by atoms with Crippen LogP contribution in [0.5, 0.6) is 0 Å². The van der Waals surface area contributed by atoms with Crippen LogP contribution in [0.4, 0.5) is 6.01 Å². The zero-order valence-corrected chi connectivity index (χ0v) is 9.41. The van der Waals surface area contributed by atoms with Crippen LogP contribution in [0.15, 0.2) is 10.7 Å². The number of oxazole rings is 1. The molecule has 0 spiro atoms. The lowest BCUT2D eigenvalue weighted by Crippen LogP contribution is -2.32. The summed E-state index contributed by atoms with van der Waals surface area (Å²) in [5.41, 5.74) is 0.748. The molecule has 0 saturated heterocycles. The van der Waals surface area contributed by atoms with Crippen molar-refractivity contribution >= 4 is 17.6 Å². The molecule has 0 bridgehead atoms. The zero-order valence-electron chi connectivity index (χ0n) is 8.66. The molecular weight excluding hydrogens is 204 g/mol. The minimum atomic E-state index is 0.224. The maximum Gasteiger partial charge on any atom is 0.297 e. The van der Waals surface area contributed by atoms with Crippen molar-refractivity contribution in [2.75, 3.05) is 25.7 Å². The van der Waals surface area contributed by atoms with Gasteiger partial charge >= 0.3 is 0 Å². The van der Waals surface area contributed by atoms with E-state index in [1.807, 2.05) is 18.9 Å². The van der Waals surface area contributed by atoms with E-state index in [9.17, 15) is 0 Å². The molecule has 1 rings (SSSR count). The fraction of sp³-hybridized carbons (Fsp3) is 0.667. The molecule has 0 aliphatic carbocycles. The van der Waals surface area contributed by atoms with Crippen molar-refractivity contribution in [2.45, 2.75) is 18.8 Å². The van der Waals surface area contributed by atoms with Crippen molar-refractivity contribution in [3.05, 3.63) is 12.0 Å². The maximum absolute atomic E-state index is 5.62. The number of anilines is 1. The molecule has 1 unspecified atom stereocenters. The number of alkyl halides is 1. The van der Waals surface area contributed by atoms with E-state index in [0.717, 1.165) is 5.69 Å². The Morgan fingerprint density at radius 1 is 1.71 bits per heavy atom. The van der Waals surface area contributed by atoms with Gasteiger partial charge in [0.25, 0.3) is 6.01 Å². The van der Waals surface area contributed by atoms with E-state index in [-0.39, 0.29) is 6.04 Å². The van der Waals surface area contributed by atoms with Crippen LogP contribution in [0, 0.1) is 0 Å². The van der Waals surface area contributed by atoms with Gasteiger partial charge in [-0.05, 0) is 6.92 Å². The predicted octanol–water partition coefficient (Wildman–Crippen LogP) is 1.88. The summed E-state index contributed by atoms with van der Waals surface area (Å²) in [6.07, 6.45) is 1.57. The summed E-state index contributed by atoms with van der Waals surface area (Å²) in [7, 11) is 3.58. The molecule has 0 N–H and O–H groups in total. The lowest BCUT2D eigenvalue weighted by Gasteiger charge is -2.21. The summed E-state index contributed by atoms with van der Waals surface area (Å²) in [5, 5.41) is 0. The second-order valence-electron chi connectivity index (χ2n) is 3.17. The molecule has 1 aromatic rings.